The highest BCUT2D eigenvalue weighted by Crippen LogP contribution is 2.31. The van der Waals surface area contributed by atoms with Crippen LogP contribution in [-0.4, -0.2) is 37.4 Å². The fourth-order valence-corrected chi connectivity index (χ4v) is 2.80. The normalized spacial score (nSPS) is 15.8. The van der Waals surface area contributed by atoms with Crippen molar-refractivity contribution < 1.29 is 0 Å². The molecule has 6 heteroatoms. The van der Waals surface area contributed by atoms with E-state index in [9.17, 15) is 0 Å². The molecule has 1 saturated heterocycles. The van der Waals surface area contributed by atoms with Crippen molar-refractivity contribution in [1.29, 1.82) is 0 Å². The molecule has 0 unspecified atom stereocenters. The maximum Gasteiger partial charge on any atom is 0.156 e. The van der Waals surface area contributed by atoms with Crippen LogP contribution in [0.3, 0.4) is 0 Å². The number of hydrogen-bond acceptors (Lipinski definition) is 4. The summed E-state index contributed by atoms with van der Waals surface area (Å²) in [6.45, 7) is 3.98. The summed E-state index contributed by atoms with van der Waals surface area (Å²) >= 11 is 0. The first-order chi connectivity index (χ1) is 9.74. The van der Waals surface area contributed by atoms with E-state index in [2.05, 4.69) is 44.6 Å². The van der Waals surface area contributed by atoms with Crippen LogP contribution in [0.1, 0.15) is 11.7 Å². The van der Waals surface area contributed by atoms with Gasteiger partial charge < -0.3 is 9.47 Å². The molecule has 6 nitrogen and oxygen atoms in total. The summed E-state index contributed by atoms with van der Waals surface area (Å²) in [6.07, 6.45) is 5.49. The smallest absolute Gasteiger partial charge is 0.156 e. The molecule has 0 bridgehead atoms. The molecule has 4 heterocycles. The second kappa shape index (κ2) is 4.06. The molecule has 0 amide bonds. The lowest BCUT2D eigenvalue weighted by Crippen LogP contribution is -2.48. The largest absolute Gasteiger partial charge is 0.350 e. The Bertz CT molecular complexity index is 751. The van der Waals surface area contributed by atoms with Gasteiger partial charge in [-0.25, -0.2) is 9.97 Å². The van der Waals surface area contributed by atoms with Gasteiger partial charge in [-0.2, -0.15) is 5.10 Å². The van der Waals surface area contributed by atoms with Gasteiger partial charge in [0.05, 0.1) is 11.6 Å². The molecule has 102 valence electrons. The van der Waals surface area contributed by atoms with Gasteiger partial charge in [-0.3, -0.25) is 4.68 Å². The van der Waals surface area contributed by atoms with Crippen molar-refractivity contribution in [3.63, 3.8) is 0 Å². The van der Waals surface area contributed by atoms with Gasteiger partial charge in [0, 0.05) is 38.2 Å². The Morgan fingerprint density at radius 1 is 1.25 bits per heavy atom. The zero-order chi connectivity index (χ0) is 13.7. The fraction of sp³-hybridized carbons (Fsp3) is 0.357. The average Bonchev–Trinajstić information content (AvgIpc) is 2.98. The molecule has 0 saturated carbocycles. The number of aromatic nitrogens is 5. The molecule has 0 aliphatic carbocycles. The third-order valence-electron chi connectivity index (χ3n) is 4.10. The van der Waals surface area contributed by atoms with Crippen LogP contribution >= 0.6 is 0 Å². The van der Waals surface area contributed by atoms with Crippen LogP contribution in [0.4, 0.5) is 5.82 Å². The van der Waals surface area contributed by atoms with Gasteiger partial charge in [-0.05, 0) is 19.1 Å². The predicted molar refractivity (Wildman–Crippen MR) is 76.7 cm³/mol. The highest BCUT2D eigenvalue weighted by Gasteiger charge is 2.31. The maximum absolute atomic E-state index is 4.48. The molecule has 3 aromatic rings. The molecule has 0 spiro atoms. The van der Waals surface area contributed by atoms with E-state index in [1.54, 1.807) is 6.33 Å². The fourth-order valence-electron chi connectivity index (χ4n) is 2.80. The lowest BCUT2D eigenvalue weighted by molar-refractivity contribution is 0.366. The van der Waals surface area contributed by atoms with E-state index < -0.39 is 0 Å². The van der Waals surface area contributed by atoms with Crippen molar-refractivity contribution >= 4 is 16.9 Å². The van der Waals surface area contributed by atoms with E-state index in [1.165, 1.54) is 5.69 Å². The molecule has 0 aromatic carbocycles. The Labute approximate surface area is 116 Å². The second-order valence-electron chi connectivity index (χ2n) is 5.32. The molecule has 1 aliphatic rings. The van der Waals surface area contributed by atoms with Crippen LogP contribution in [0.25, 0.3) is 11.0 Å². The first kappa shape index (κ1) is 11.5. The molecular weight excluding hydrogens is 252 g/mol. The minimum atomic E-state index is 0.441. The van der Waals surface area contributed by atoms with Crippen molar-refractivity contribution in [1.82, 2.24) is 24.3 Å². The summed E-state index contributed by atoms with van der Waals surface area (Å²) in [5.41, 5.74) is 3.33. The number of nitrogens with zero attached hydrogens (tertiary/aromatic N) is 6. The summed E-state index contributed by atoms with van der Waals surface area (Å²) in [5, 5.41) is 4.30. The van der Waals surface area contributed by atoms with Crippen molar-refractivity contribution in [3.05, 3.63) is 36.5 Å². The molecule has 1 fully saturated rings. The van der Waals surface area contributed by atoms with E-state index >= 15 is 0 Å². The van der Waals surface area contributed by atoms with E-state index in [1.807, 2.05) is 23.1 Å². The van der Waals surface area contributed by atoms with Crippen LogP contribution in [0.2, 0.25) is 0 Å². The first-order valence-electron chi connectivity index (χ1n) is 6.75. The minimum absolute atomic E-state index is 0.441. The molecule has 1 aliphatic heterocycles. The van der Waals surface area contributed by atoms with E-state index in [4.69, 9.17) is 0 Å². The summed E-state index contributed by atoms with van der Waals surface area (Å²) in [5.74, 6) is 1.02. The van der Waals surface area contributed by atoms with Crippen LogP contribution in [0.15, 0.2) is 30.9 Å². The summed E-state index contributed by atoms with van der Waals surface area (Å²) in [6, 6.07) is 4.51. The summed E-state index contributed by atoms with van der Waals surface area (Å²) < 4.78 is 4.18. The third-order valence-corrected chi connectivity index (χ3v) is 4.10. The monoisotopic (exact) mass is 268 g/mol. The Balaban J connectivity index is 1.67. The van der Waals surface area contributed by atoms with Crippen molar-refractivity contribution in [3.8, 4) is 0 Å². The number of rotatable bonds is 2. The van der Waals surface area contributed by atoms with Crippen molar-refractivity contribution in [2.75, 3.05) is 18.0 Å². The molecule has 0 N–H and O–H groups in total. The van der Waals surface area contributed by atoms with Gasteiger partial charge in [0.1, 0.15) is 11.8 Å². The first-order valence-corrected chi connectivity index (χ1v) is 6.75. The molecule has 0 atom stereocenters. The SMILES string of the molecule is Cc1cc2ncnc(N3CC(n4cccn4)C3)c2n1C. The zero-order valence-corrected chi connectivity index (χ0v) is 11.6. The van der Waals surface area contributed by atoms with Crippen LogP contribution < -0.4 is 4.90 Å². The summed E-state index contributed by atoms with van der Waals surface area (Å²) in [4.78, 5) is 11.1. The highest BCUT2D eigenvalue weighted by molar-refractivity contribution is 5.88. The summed E-state index contributed by atoms with van der Waals surface area (Å²) in [7, 11) is 2.06. The Morgan fingerprint density at radius 2 is 2.10 bits per heavy atom. The van der Waals surface area contributed by atoms with E-state index in [-0.39, 0.29) is 0 Å². The molecule has 20 heavy (non-hydrogen) atoms. The lowest BCUT2D eigenvalue weighted by Gasteiger charge is -2.40. The molecule has 3 aromatic heterocycles. The Hall–Kier alpha value is -2.37. The molecule has 4 rings (SSSR count). The van der Waals surface area contributed by atoms with Crippen LogP contribution in [-0.2, 0) is 7.05 Å². The van der Waals surface area contributed by atoms with Crippen molar-refractivity contribution in [2.45, 2.75) is 13.0 Å². The standard InChI is InChI=1S/C14H16N6/c1-10-6-12-13(18(10)2)14(16-9-15-12)19-7-11(8-19)20-5-3-4-17-20/h3-6,9,11H,7-8H2,1-2H3. The van der Waals surface area contributed by atoms with Gasteiger partial charge in [-0.1, -0.05) is 0 Å². The number of aryl methyl sites for hydroxylation is 2. The number of anilines is 1. The number of hydrogen-bond donors (Lipinski definition) is 0. The molecule has 0 radical (unpaired) electrons. The van der Waals surface area contributed by atoms with Crippen LogP contribution in [0.5, 0.6) is 0 Å². The van der Waals surface area contributed by atoms with E-state index in [0.717, 1.165) is 29.9 Å². The molecular formula is C14H16N6. The minimum Gasteiger partial charge on any atom is -0.350 e. The topological polar surface area (TPSA) is 51.8 Å². The Morgan fingerprint density at radius 3 is 2.85 bits per heavy atom. The lowest BCUT2D eigenvalue weighted by atomic mass is 10.1. The van der Waals surface area contributed by atoms with Crippen LogP contribution in [0, 0.1) is 6.92 Å². The number of fused-ring (bicyclic) bond motifs is 1. The van der Waals surface area contributed by atoms with Gasteiger partial charge in [0.2, 0.25) is 0 Å². The predicted octanol–water partition coefficient (Wildman–Crippen LogP) is 1.53. The van der Waals surface area contributed by atoms with Crippen molar-refractivity contribution in [2.24, 2.45) is 7.05 Å². The van der Waals surface area contributed by atoms with Gasteiger partial charge in [0.15, 0.2) is 5.82 Å². The van der Waals surface area contributed by atoms with Gasteiger partial charge >= 0.3 is 0 Å². The quantitative estimate of drug-likeness (QED) is 0.707. The average molecular weight is 268 g/mol. The third kappa shape index (κ3) is 1.54. The van der Waals surface area contributed by atoms with E-state index in [0.29, 0.717) is 6.04 Å². The zero-order valence-electron chi connectivity index (χ0n) is 11.6. The Kier molecular flexibility index (Phi) is 2.33. The van der Waals surface area contributed by atoms with Gasteiger partial charge in [0.25, 0.3) is 0 Å². The maximum atomic E-state index is 4.48. The second-order valence-corrected chi connectivity index (χ2v) is 5.32. The highest BCUT2D eigenvalue weighted by atomic mass is 15.4. The van der Waals surface area contributed by atoms with Gasteiger partial charge in [-0.15, -0.1) is 0 Å².